The Hall–Kier alpha value is -1.36. The van der Waals surface area contributed by atoms with Gasteiger partial charge in [0.05, 0.1) is 6.54 Å². The molecule has 0 aromatic carbocycles. The van der Waals surface area contributed by atoms with Gasteiger partial charge in [0.2, 0.25) is 0 Å². The number of carbonyl (C=O) groups is 1. The Balaban J connectivity index is 2.39. The number of likely N-dealkylation sites (N-methyl/N-ethyl adjacent to an activating group) is 1. The zero-order valence-electron chi connectivity index (χ0n) is 7.28. The van der Waals surface area contributed by atoms with E-state index < -0.39 is 5.97 Å². The Kier molecular flexibility index (Phi) is 1.81. The second-order valence-electron chi connectivity index (χ2n) is 3.23. The van der Waals surface area contributed by atoms with E-state index in [1.54, 1.807) is 0 Å². The van der Waals surface area contributed by atoms with E-state index in [1.807, 2.05) is 7.05 Å². The van der Waals surface area contributed by atoms with E-state index >= 15 is 0 Å². The lowest BCUT2D eigenvalue weighted by Crippen LogP contribution is -2.26. The van der Waals surface area contributed by atoms with Crippen LogP contribution in [0.25, 0.3) is 0 Å². The summed E-state index contributed by atoms with van der Waals surface area (Å²) in [5.41, 5.74) is 0.828. The monoisotopic (exact) mass is 182 g/mol. The minimum absolute atomic E-state index is 0.0723. The number of rotatable bonds is 1. The predicted molar refractivity (Wildman–Crippen MR) is 43.5 cm³/mol. The molecule has 0 amide bonds. The minimum atomic E-state index is -1.01. The smallest absolute Gasteiger partial charge is 0.358 e. The molecule has 0 fully saturated rings. The molecular formula is C8H10N2O3. The van der Waals surface area contributed by atoms with Gasteiger partial charge in [0.15, 0.2) is 11.5 Å². The molecule has 0 atom stereocenters. The highest BCUT2D eigenvalue weighted by Crippen LogP contribution is 2.20. The van der Waals surface area contributed by atoms with Crippen LogP contribution < -0.4 is 0 Å². The van der Waals surface area contributed by atoms with Crippen molar-refractivity contribution in [1.82, 2.24) is 10.1 Å². The highest BCUT2D eigenvalue weighted by Gasteiger charge is 2.25. The van der Waals surface area contributed by atoms with Gasteiger partial charge in [-0.05, 0) is 13.5 Å². The van der Waals surface area contributed by atoms with E-state index in [9.17, 15) is 4.79 Å². The predicted octanol–water partition coefficient (Wildman–Crippen LogP) is 0.361. The fourth-order valence-electron chi connectivity index (χ4n) is 1.52. The van der Waals surface area contributed by atoms with Gasteiger partial charge < -0.3 is 9.63 Å². The quantitative estimate of drug-likeness (QED) is 0.679. The van der Waals surface area contributed by atoms with Crippen molar-refractivity contribution in [3.8, 4) is 0 Å². The molecule has 0 bridgehead atoms. The molecule has 1 aromatic rings. The molecule has 0 spiro atoms. The van der Waals surface area contributed by atoms with E-state index in [0.717, 1.165) is 12.1 Å². The summed E-state index contributed by atoms with van der Waals surface area (Å²) < 4.78 is 4.95. The zero-order valence-corrected chi connectivity index (χ0v) is 7.28. The molecule has 0 radical (unpaired) electrons. The Bertz CT molecular complexity index is 345. The lowest BCUT2D eigenvalue weighted by molar-refractivity contribution is 0.0684. The van der Waals surface area contributed by atoms with Gasteiger partial charge in [-0.3, -0.25) is 4.90 Å². The second-order valence-corrected chi connectivity index (χ2v) is 3.23. The number of aromatic nitrogens is 1. The molecule has 1 aliphatic rings. The van der Waals surface area contributed by atoms with Gasteiger partial charge >= 0.3 is 5.97 Å². The highest BCUT2D eigenvalue weighted by molar-refractivity contribution is 5.87. The van der Waals surface area contributed by atoms with E-state index in [4.69, 9.17) is 9.63 Å². The Morgan fingerprint density at radius 3 is 3.15 bits per heavy atom. The summed E-state index contributed by atoms with van der Waals surface area (Å²) in [6, 6.07) is 0. The fraction of sp³-hybridized carbons (Fsp3) is 0.500. The van der Waals surface area contributed by atoms with Gasteiger partial charge in [0.25, 0.3) is 0 Å². The number of hydrogen-bond acceptors (Lipinski definition) is 4. The SMILES string of the molecule is CN1CCc2c(C(=O)O)noc2C1. The van der Waals surface area contributed by atoms with Crippen LogP contribution in [-0.2, 0) is 13.0 Å². The maximum atomic E-state index is 10.7. The molecule has 1 aromatic heterocycles. The normalized spacial score (nSPS) is 17.0. The summed E-state index contributed by atoms with van der Waals surface area (Å²) in [6.07, 6.45) is 0.705. The van der Waals surface area contributed by atoms with Crippen LogP contribution in [0.3, 0.4) is 0 Å². The van der Waals surface area contributed by atoms with Gasteiger partial charge in [-0.1, -0.05) is 5.16 Å². The fourth-order valence-corrected chi connectivity index (χ4v) is 1.52. The first-order valence-electron chi connectivity index (χ1n) is 4.07. The van der Waals surface area contributed by atoms with Gasteiger partial charge in [-0.2, -0.15) is 0 Å². The van der Waals surface area contributed by atoms with Gasteiger partial charge in [-0.25, -0.2) is 4.79 Å². The Morgan fingerprint density at radius 1 is 1.69 bits per heavy atom. The second kappa shape index (κ2) is 2.85. The zero-order chi connectivity index (χ0) is 9.42. The Morgan fingerprint density at radius 2 is 2.46 bits per heavy atom. The van der Waals surface area contributed by atoms with E-state index in [2.05, 4.69) is 10.1 Å². The number of carboxylic acid groups (broad SMARTS) is 1. The summed E-state index contributed by atoms with van der Waals surface area (Å²) >= 11 is 0. The third-order valence-electron chi connectivity index (χ3n) is 2.23. The molecule has 0 unspecified atom stereocenters. The third-order valence-corrected chi connectivity index (χ3v) is 2.23. The summed E-state index contributed by atoms with van der Waals surface area (Å²) in [6.45, 7) is 1.50. The molecular weight excluding hydrogens is 172 g/mol. The van der Waals surface area contributed by atoms with E-state index in [1.165, 1.54) is 0 Å². The van der Waals surface area contributed by atoms with Crippen molar-refractivity contribution in [2.75, 3.05) is 13.6 Å². The summed E-state index contributed by atoms with van der Waals surface area (Å²) in [5.74, 6) is -0.319. The largest absolute Gasteiger partial charge is 0.476 e. The van der Waals surface area contributed by atoms with Crippen LogP contribution >= 0.6 is 0 Å². The van der Waals surface area contributed by atoms with Crippen molar-refractivity contribution in [1.29, 1.82) is 0 Å². The van der Waals surface area contributed by atoms with Gasteiger partial charge in [-0.15, -0.1) is 0 Å². The first-order chi connectivity index (χ1) is 6.18. The van der Waals surface area contributed by atoms with Crippen LogP contribution in [0.15, 0.2) is 4.52 Å². The van der Waals surface area contributed by atoms with Crippen LogP contribution in [-0.4, -0.2) is 34.7 Å². The van der Waals surface area contributed by atoms with Crippen molar-refractivity contribution in [2.45, 2.75) is 13.0 Å². The average Bonchev–Trinajstić information content (AvgIpc) is 2.46. The number of nitrogens with zero attached hydrogens (tertiary/aromatic N) is 2. The Labute approximate surface area is 74.9 Å². The lowest BCUT2D eigenvalue weighted by atomic mass is 10.1. The molecule has 1 N–H and O–H groups in total. The molecule has 5 heteroatoms. The maximum absolute atomic E-state index is 10.7. The molecule has 0 saturated heterocycles. The maximum Gasteiger partial charge on any atom is 0.358 e. The lowest BCUT2D eigenvalue weighted by Gasteiger charge is -2.19. The molecule has 1 aliphatic heterocycles. The highest BCUT2D eigenvalue weighted by atomic mass is 16.5. The van der Waals surface area contributed by atoms with Gasteiger partial charge in [0, 0.05) is 12.1 Å². The summed E-state index contributed by atoms with van der Waals surface area (Å²) in [5, 5.41) is 12.3. The number of aromatic carboxylic acids is 1. The molecule has 0 saturated carbocycles. The van der Waals surface area contributed by atoms with Gasteiger partial charge in [0.1, 0.15) is 0 Å². The summed E-state index contributed by atoms with van der Waals surface area (Å²) in [4.78, 5) is 12.7. The van der Waals surface area contributed by atoms with Crippen molar-refractivity contribution in [2.24, 2.45) is 0 Å². The van der Waals surface area contributed by atoms with Crippen LogP contribution in [0.2, 0.25) is 0 Å². The molecule has 0 aliphatic carbocycles. The van der Waals surface area contributed by atoms with Crippen molar-refractivity contribution in [3.63, 3.8) is 0 Å². The van der Waals surface area contributed by atoms with Crippen LogP contribution in [0.4, 0.5) is 0 Å². The molecule has 2 rings (SSSR count). The first-order valence-corrected chi connectivity index (χ1v) is 4.07. The average molecular weight is 182 g/mol. The third kappa shape index (κ3) is 1.31. The standard InChI is InChI=1S/C8H10N2O3/c1-10-3-2-5-6(4-10)13-9-7(5)8(11)12/h2-4H2,1H3,(H,11,12). The number of fused-ring (bicyclic) bond motifs is 1. The van der Waals surface area contributed by atoms with Crippen LogP contribution in [0.1, 0.15) is 21.8 Å². The topological polar surface area (TPSA) is 66.6 Å². The van der Waals surface area contributed by atoms with Crippen molar-refractivity contribution >= 4 is 5.97 Å². The van der Waals surface area contributed by atoms with E-state index in [0.29, 0.717) is 18.7 Å². The molecule has 70 valence electrons. The van der Waals surface area contributed by atoms with E-state index in [-0.39, 0.29) is 5.69 Å². The number of hydrogen-bond donors (Lipinski definition) is 1. The van der Waals surface area contributed by atoms with Crippen LogP contribution in [0, 0.1) is 0 Å². The molecule has 5 nitrogen and oxygen atoms in total. The number of carboxylic acids is 1. The molecule has 2 heterocycles. The van der Waals surface area contributed by atoms with Crippen molar-refractivity contribution < 1.29 is 14.4 Å². The first kappa shape index (κ1) is 8.25. The molecule has 13 heavy (non-hydrogen) atoms. The minimum Gasteiger partial charge on any atom is -0.476 e. The van der Waals surface area contributed by atoms with Crippen LogP contribution in [0.5, 0.6) is 0 Å². The van der Waals surface area contributed by atoms with Crippen molar-refractivity contribution in [3.05, 3.63) is 17.0 Å². The summed E-state index contributed by atoms with van der Waals surface area (Å²) in [7, 11) is 1.96.